The number of sulfonamides is 1. The molecule has 2 aliphatic rings. The van der Waals surface area contributed by atoms with Crippen LogP contribution < -0.4 is 4.90 Å². The molecule has 7 nitrogen and oxygen atoms in total. The Morgan fingerprint density at radius 3 is 2.48 bits per heavy atom. The number of benzene rings is 1. The largest absolute Gasteiger partial charge is 0.345 e. The molecule has 2 aromatic rings. The zero-order valence-corrected chi connectivity index (χ0v) is 16.5. The van der Waals surface area contributed by atoms with E-state index in [2.05, 4.69) is 9.88 Å². The van der Waals surface area contributed by atoms with E-state index in [1.165, 1.54) is 4.31 Å². The number of aromatic nitrogens is 1. The van der Waals surface area contributed by atoms with Crippen molar-refractivity contribution >= 4 is 32.4 Å². The molecule has 0 unspecified atom stereocenters. The van der Waals surface area contributed by atoms with Crippen LogP contribution in [0.25, 0.3) is 0 Å². The lowest BCUT2D eigenvalue weighted by atomic mass is 10.2. The van der Waals surface area contributed by atoms with Crippen molar-refractivity contribution in [2.75, 3.05) is 37.6 Å². The quantitative estimate of drug-likeness (QED) is 0.772. The van der Waals surface area contributed by atoms with Crippen LogP contribution >= 0.6 is 11.3 Å². The lowest BCUT2D eigenvalue weighted by molar-refractivity contribution is -0.134. The summed E-state index contributed by atoms with van der Waals surface area (Å²) in [5.41, 5.74) is 0. The molecule has 2 fully saturated rings. The Kier molecular flexibility index (Phi) is 5.16. The maximum Gasteiger partial charge on any atom is 0.243 e. The monoisotopic (exact) mass is 406 g/mol. The third-order valence-electron chi connectivity index (χ3n) is 5.12. The highest BCUT2D eigenvalue weighted by Gasteiger charge is 2.41. The molecule has 0 spiro atoms. The van der Waals surface area contributed by atoms with Gasteiger partial charge >= 0.3 is 0 Å². The van der Waals surface area contributed by atoms with Crippen molar-refractivity contribution in [2.24, 2.45) is 0 Å². The van der Waals surface area contributed by atoms with Crippen LogP contribution in [0, 0.1) is 0 Å². The van der Waals surface area contributed by atoms with E-state index in [1.807, 2.05) is 5.38 Å². The lowest BCUT2D eigenvalue weighted by Crippen LogP contribution is -2.54. The van der Waals surface area contributed by atoms with Crippen molar-refractivity contribution in [3.05, 3.63) is 41.9 Å². The van der Waals surface area contributed by atoms with Crippen LogP contribution in [0.2, 0.25) is 0 Å². The topological polar surface area (TPSA) is 73.8 Å². The number of amides is 1. The Balaban J connectivity index is 1.46. The molecule has 27 heavy (non-hydrogen) atoms. The summed E-state index contributed by atoms with van der Waals surface area (Å²) in [5.74, 6) is -0.0780. The van der Waals surface area contributed by atoms with Gasteiger partial charge in [0.25, 0.3) is 0 Å². The molecule has 0 aliphatic carbocycles. The van der Waals surface area contributed by atoms with Crippen molar-refractivity contribution < 1.29 is 13.2 Å². The molecule has 2 aliphatic heterocycles. The number of anilines is 1. The fraction of sp³-hybridized carbons (Fsp3) is 0.444. The normalized spacial score (nSPS) is 21.6. The van der Waals surface area contributed by atoms with E-state index in [0.29, 0.717) is 32.5 Å². The number of hydrogen-bond acceptors (Lipinski definition) is 6. The molecule has 3 heterocycles. The minimum absolute atomic E-state index is 0.0780. The third kappa shape index (κ3) is 3.59. The third-order valence-corrected chi connectivity index (χ3v) is 7.87. The van der Waals surface area contributed by atoms with Crippen LogP contribution in [0.3, 0.4) is 0 Å². The highest BCUT2D eigenvalue weighted by Crippen LogP contribution is 2.28. The maximum atomic E-state index is 13.1. The second-order valence-electron chi connectivity index (χ2n) is 6.71. The van der Waals surface area contributed by atoms with Crippen molar-refractivity contribution in [2.45, 2.75) is 23.8 Å². The minimum atomic E-state index is -3.65. The SMILES string of the molecule is O=C([C@H]1CCCN1S(=O)(=O)c1ccccc1)N1CCN(c2nccs2)CC1. The van der Waals surface area contributed by atoms with Crippen molar-refractivity contribution in [3.63, 3.8) is 0 Å². The Morgan fingerprint density at radius 2 is 1.81 bits per heavy atom. The van der Waals surface area contributed by atoms with E-state index in [1.54, 1.807) is 52.8 Å². The second-order valence-corrected chi connectivity index (χ2v) is 9.48. The summed E-state index contributed by atoms with van der Waals surface area (Å²) in [6.45, 7) is 3.02. The minimum Gasteiger partial charge on any atom is -0.345 e. The molecule has 1 amide bonds. The highest BCUT2D eigenvalue weighted by molar-refractivity contribution is 7.89. The number of nitrogens with zero attached hydrogens (tertiary/aromatic N) is 4. The number of thiazole rings is 1. The molecule has 2 saturated heterocycles. The van der Waals surface area contributed by atoms with Crippen molar-refractivity contribution in [1.29, 1.82) is 0 Å². The average molecular weight is 407 g/mol. The summed E-state index contributed by atoms with van der Waals surface area (Å²) in [6.07, 6.45) is 3.07. The van der Waals surface area contributed by atoms with Gasteiger partial charge in [-0.3, -0.25) is 4.79 Å². The van der Waals surface area contributed by atoms with Gasteiger partial charge in [-0.15, -0.1) is 11.3 Å². The standard InChI is InChI=1S/C18H22N4O3S2/c23-17(20-10-12-21(13-11-20)18-19-8-14-26-18)16-7-4-9-22(16)27(24,25)15-5-2-1-3-6-15/h1-3,5-6,8,14,16H,4,7,9-13H2/t16-/m1/s1. The predicted molar refractivity (Wildman–Crippen MR) is 104 cm³/mol. The van der Waals surface area contributed by atoms with Crippen LogP contribution in [0.1, 0.15) is 12.8 Å². The van der Waals surface area contributed by atoms with Gasteiger partial charge in [0.05, 0.1) is 4.90 Å². The number of piperazine rings is 1. The Morgan fingerprint density at radius 1 is 1.07 bits per heavy atom. The van der Waals surface area contributed by atoms with E-state index in [9.17, 15) is 13.2 Å². The van der Waals surface area contributed by atoms with E-state index in [4.69, 9.17) is 0 Å². The summed E-state index contributed by atoms with van der Waals surface area (Å²) in [5, 5.41) is 2.91. The zero-order chi connectivity index (χ0) is 18.9. The van der Waals surface area contributed by atoms with Crippen LogP contribution in [0.4, 0.5) is 5.13 Å². The van der Waals surface area contributed by atoms with Crippen LogP contribution in [-0.2, 0) is 14.8 Å². The fourth-order valence-corrected chi connectivity index (χ4v) is 6.07. The number of carbonyl (C=O) groups excluding carboxylic acids is 1. The fourth-order valence-electron chi connectivity index (χ4n) is 3.70. The summed E-state index contributed by atoms with van der Waals surface area (Å²) < 4.78 is 27.3. The molecular formula is C18H22N4O3S2. The van der Waals surface area contributed by atoms with Gasteiger partial charge in [0, 0.05) is 44.3 Å². The first-order valence-corrected chi connectivity index (χ1v) is 11.4. The van der Waals surface area contributed by atoms with E-state index in [0.717, 1.165) is 18.2 Å². The van der Waals surface area contributed by atoms with E-state index in [-0.39, 0.29) is 10.8 Å². The Hall–Kier alpha value is -1.97. The first-order valence-electron chi connectivity index (χ1n) is 9.07. The Labute approximate surface area is 163 Å². The molecule has 1 atom stereocenters. The van der Waals surface area contributed by atoms with Crippen molar-refractivity contribution in [1.82, 2.24) is 14.2 Å². The molecule has 144 valence electrons. The molecule has 0 bridgehead atoms. The second kappa shape index (κ2) is 7.57. The maximum absolute atomic E-state index is 13.1. The summed E-state index contributed by atoms with van der Waals surface area (Å²) in [4.78, 5) is 21.6. The van der Waals surface area contributed by atoms with Crippen molar-refractivity contribution in [3.8, 4) is 0 Å². The van der Waals surface area contributed by atoms with Gasteiger partial charge in [0.2, 0.25) is 15.9 Å². The Bertz CT molecular complexity index is 879. The van der Waals surface area contributed by atoms with E-state index < -0.39 is 16.1 Å². The molecule has 0 radical (unpaired) electrons. The zero-order valence-electron chi connectivity index (χ0n) is 14.9. The van der Waals surface area contributed by atoms with Gasteiger partial charge < -0.3 is 9.80 Å². The van der Waals surface area contributed by atoms with Gasteiger partial charge in [-0.2, -0.15) is 4.31 Å². The van der Waals surface area contributed by atoms with Gasteiger partial charge in [-0.25, -0.2) is 13.4 Å². The molecular weight excluding hydrogens is 384 g/mol. The number of hydrogen-bond donors (Lipinski definition) is 0. The number of carbonyl (C=O) groups is 1. The molecule has 4 rings (SSSR count). The first kappa shape index (κ1) is 18.4. The van der Waals surface area contributed by atoms with Crippen LogP contribution in [0.5, 0.6) is 0 Å². The number of rotatable bonds is 4. The van der Waals surface area contributed by atoms with Crippen LogP contribution in [0.15, 0.2) is 46.8 Å². The molecule has 1 aromatic carbocycles. The van der Waals surface area contributed by atoms with Gasteiger partial charge in [-0.05, 0) is 25.0 Å². The van der Waals surface area contributed by atoms with Gasteiger partial charge in [-0.1, -0.05) is 18.2 Å². The molecule has 0 saturated carbocycles. The lowest BCUT2D eigenvalue weighted by Gasteiger charge is -2.37. The molecule has 0 N–H and O–H groups in total. The van der Waals surface area contributed by atoms with Crippen LogP contribution in [-0.4, -0.2) is 67.3 Å². The van der Waals surface area contributed by atoms with Gasteiger partial charge in [0.15, 0.2) is 5.13 Å². The summed E-state index contributed by atoms with van der Waals surface area (Å²) in [6, 6.07) is 7.77. The smallest absolute Gasteiger partial charge is 0.243 e. The average Bonchev–Trinajstić information content (AvgIpc) is 3.40. The van der Waals surface area contributed by atoms with E-state index >= 15 is 0 Å². The summed E-state index contributed by atoms with van der Waals surface area (Å²) in [7, 11) is -3.65. The molecule has 1 aromatic heterocycles. The van der Waals surface area contributed by atoms with Gasteiger partial charge in [0.1, 0.15) is 6.04 Å². The summed E-state index contributed by atoms with van der Waals surface area (Å²) >= 11 is 1.59. The molecule has 9 heteroatoms. The predicted octanol–water partition coefficient (Wildman–Crippen LogP) is 1.64. The first-order chi connectivity index (χ1) is 13.1. The highest BCUT2D eigenvalue weighted by atomic mass is 32.2.